The Morgan fingerprint density at radius 2 is 1.97 bits per heavy atom. The van der Waals surface area contributed by atoms with Crippen molar-refractivity contribution in [2.45, 2.75) is 32.6 Å². The first-order chi connectivity index (χ1) is 14.4. The smallest absolute Gasteiger partial charge is 0.287 e. The van der Waals surface area contributed by atoms with Gasteiger partial charge in [0.05, 0.1) is 5.92 Å². The van der Waals surface area contributed by atoms with E-state index in [1.807, 2.05) is 32.0 Å². The number of amides is 2. The van der Waals surface area contributed by atoms with E-state index < -0.39 is 0 Å². The molecular weight excluding hydrogens is 401 g/mol. The summed E-state index contributed by atoms with van der Waals surface area (Å²) >= 11 is 1.40. The van der Waals surface area contributed by atoms with Crippen LogP contribution in [0.15, 0.2) is 48.7 Å². The van der Waals surface area contributed by atoms with Crippen LogP contribution < -0.4 is 10.2 Å². The first kappa shape index (κ1) is 20.2. The molecule has 0 saturated heterocycles. The van der Waals surface area contributed by atoms with Gasteiger partial charge < -0.3 is 10.2 Å². The van der Waals surface area contributed by atoms with Crippen LogP contribution in [0.3, 0.4) is 0 Å². The number of hydrogen-bond donors (Lipinski definition) is 1. The van der Waals surface area contributed by atoms with Crippen molar-refractivity contribution in [3.63, 3.8) is 0 Å². The van der Waals surface area contributed by atoms with Crippen molar-refractivity contribution in [1.29, 1.82) is 0 Å². The molecule has 2 amide bonds. The normalized spacial score (nSPS) is 14.2. The van der Waals surface area contributed by atoms with Gasteiger partial charge in [-0.25, -0.2) is 9.37 Å². The second kappa shape index (κ2) is 8.36. The maximum absolute atomic E-state index is 13.1. The number of aryl methyl sites for hydroxylation is 2. The number of halogens is 1. The molecule has 1 aliphatic heterocycles. The van der Waals surface area contributed by atoms with Crippen molar-refractivity contribution < 1.29 is 14.0 Å². The molecule has 0 spiro atoms. The van der Waals surface area contributed by atoms with Crippen molar-refractivity contribution in [2.24, 2.45) is 0 Å². The molecular formula is C23H22FN3O2S. The van der Waals surface area contributed by atoms with Crippen LogP contribution in [-0.4, -0.2) is 23.3 Å². The molecule has 0 saturated carbocycles. The zero-order chi connectivity index (χ0) is 21.3. The summed E-state index contributed by atoms with van der Waals surface area (Å²) < 4.78 is 13.1. The highest BCUT2D eigenvalue weighted by molar-refractivity contribution is 7.13. The monoisotopic (exact) mass is 423 g/mol. The molecule has 0 fully saturated rings. The molecule has 0 aliphatic carbocycles. The molecule has 7 heteroatoms. The third kappa shape index (κ3) is 4.11. The maximum Gasteiger partial charge on any atom is 0.287 e. The van der Waals surface area contributed by atoms with E-state index >= 15 is 0 Å². The number of nitrogens with zero attached hydrogens (tertiary/aromatic N) is 2. The van der Waals surface area contributed by atoms with E-state index in [2.05, 4.69) is 10.3 Å². The first-order valence-electron chi connectivity index (χ1n) is 9.86. The molecule has 2 heterocycles. The quantitative estimate of drug-likeness (QED) is 0.648. The second-order valence-corrected chi connectivity index (χ2v) is 8.68. The van der Waals surface area contributed by atoms with Crippen LogP contribution in [0, 0.1) is 12.7 Å². The summed E-state index contributed by atoms with van der Waals surface area (Å²) in [5.74, 6) is -0.969. The standard InChI is InChI=1S/C23H22FN3O2S/c1-14-13-25-22(30-14)23(29)27-11-3-4-17-12-16(5-10-20(17)27)15(2)21(28)26-19-8-6-18(24)7-9-19/h5-10,12-13,15H,3-4,11H2,1-2H3,(H,26,28). The molecule has 4 rings (SSSR count). The fraction of sp³-hybridized carbons (Fsp3) is 0.261. The van der Waals surface area contributed by atoms with Gasteiger partial charge in [0.15, 0.2) is 5.01 Å². The van der Waals surface area contributed by atoms with E-state index in [0.29, 0.717) is 17.2 Å². The highest BCUT2D eigenvalue weighted by Gasteiger charge is 2.26. The first-order valence-corrected chi connectivity index (χ1v) is 10.7. The largest absolute Gasteiger partial charge is 0.326 e. The van der Waals surface area contributed by atoms with Crippen LogP contribution in [0.4, 0.5) is 15.8 Å². The number of benzene rings is 2. The van der Waals surface area contributed by atoms with Gasteiger partial charge in [0.2, 0.25) is 5.91 Å². The summed E-state index contributed by atoms with van der Waals surface area (Å²) in [4.78, 5) is 32.6. The number of hydrogen-bond acceptors (Lipinski definition) is 4. The lowest BCUT2D eigenvalue weighted by Crippen LogP contribution is -2.35. The Kier molecular flexibility index (Phi) is 5.63. The van der Waals surface area contributed by atoms with Gasteiger partial charge in [0, 0.05) is 29.0 Å². The minimum atomic E-state index is -0.381. The molecule has 3 aromatic rings. The van der Waals surface area contributed by atoms with E-state index in [9.17, 15) is 14.0 Å². The van der Waals surface area contributed by atoms with Gasteiger partial charge in [0.25, 0.3) is 5.91 Å². The molecule has 30 heavy (non-hydrogen) atoms. The molecule has 1 N–H and O–H groups in total. The minimum absolute atomic E-state index is 0.0797. The topological polar surface area (TPSA) is 62.3 Å². The number of anilines is 2. The SMILES string of the molecule is Cc1cnc(C(=O)N2CCCc3cc(C(C)C(=O)Nc4ccc(F)cc4)ccc32)s1. The number of aromatic nitrogens is 1. The van der Waals surface area contributed by atoms with E-state index in [1.54, 1.807) is 11.1 Å². The van der Waals surface area contributed by atoms with Gasteiger partial charge in [-0.3, -0.25) is 9.59 Å². The Hall–Kier alpha value is -3.06. The highest BCUT2D eigenvalue weighted by atomic mass is 32.1. The molecule has 1 unspecified atom stereocenters. The number of fused-ring (bicyclic) bond motifs is 1. The van der Waals surface area contributed by atoms with Crippen molar-refractivity contribution in [1.82, 2.24) is 4.98 Å². The van der Waals surface area contributed by atoms with Gasteiger partial charge in [0.1, 0.15) is 5.82 Å². The average molecular weight is 424 g/mol. The lowest BCUT2D eigenvalue weighted by Gasteiger charge is -2.29. The van der Waals surface area contributed by atoms with Crippen LogP contribution in [0.5, 0.6) is 0 Å². The lowest BCUT2D eigenvalue weighted by atomic mass is 9.93. The number of rotatable bonds is 4. The predicted octanol–water partition coefficient (Wildman–Crippen LogP) is 4.93. The van der Waals surface area contributed by atoms with Gasteiger partial charge in [-0.1, -0.05) is 12.1 Å². The Morgan fingerprint density at radius 1 is 1.20 bits per heavy atom. The number of carbonyl (C=O) groups is 2. The average Bonchev–Trinajstić information content (AvgIpc) is 3.19. The zero-order valence-electron chi connectivity index (χ0n) is 16.8. The Balaban J connectivity index is 1.53. The molecule has 0 radical (unpaired) electrons. The number of thiazole rings is 1. The van der Waals surface area contributed by atoms with E-state index in [-0.39, 0.29) is 23.5 Å². The molecule has 5 nitrogen and oxygen atoms in total. The fourth-order valence-electron chi connectivity index (χ4n) is 3.60. The summed E-state index contributed by atoms with van der Waals surface area (Å²) in [6, 6.07) is 11.5. The zero-order valence-corrected chi connectivity index (χ0v) is 17.6. The van der Waals surface area contributed by atoms with Crippen molar-refractivity contribution in [3.05, 3.63) is 75.5 Å². The molecule has 0 bridgehead atoms. The minimum Gasteiger partial charge on any atom is -0.326 e. The third-order valence-corrected chi connectivity index (χ3v) is 6.18. The Morgan fingerprint density at radius 3 is 2.67 bits per heavy atom. The molecule has 1 atom stereocenters. The molecule has 154 valence electrons. The van der Waals surface area contributed by atoms with E-state index in [0.717, 1.165) is 34.5 Å². The third-order valence-electron chi connectivity index (χ3n) is 5.28. The fourth-order valence-corrected chi connectivity index (χ4v) is 4.31. The summed E-state index contributed by atoms with van der Waals surface area (Å²) in [7, 11) is 0. The predicted molar refractivity (Wildman–Crippen MR) is 117 cm³/mol. The Bertz CT molecular complexity index is 1090. The maximum atomic E-state index is 13.1. The van der Waals surface area contributed by atoms with E-state index in [4.69, 9.17) is 0 Å². The van der Waals surface area contributed by atoms with Crippen LogP contribution in [-0.2, 0) is 11.2 Å². The van der Waals surface area contributed by atoms with Crippen LogP contribution >= 0.6 is 11.3 Å². The Labute approximate surface area is 178 Å². The van der Waals surface area contributed by atoms with Gasteiger partial charge in [-0.05, 0) is 68.1 Å². The van der Waals surface area contributed by atoms with Crippen LogP contribution in [0.25, 0.3) is 0 Å². The van der Waals surface area contributed by atoms with Crippen LogP contribution in [0.2, 0.25) is 0 Å². The van der Waals surface area contributed by atoms with E-state index in [1.165, 1.54) is 35.6 Å². The van der Waals surface area contributed by atoms with Gasteiger partial charge >= 0.3 is 0 Å². The number of carbonyl (C=O) groups excluding carboxylic acids is 2. The van der Waals surface area contributed by atoms with Gasteiger partial charge in [-0.15, -0.1) is 11.3 Å². The number of nitrogens with one attached hydrogen (secondary N) is 1. The second-order valence-electron chi connectivity index (χ2n) is 7.44. The summed E-state index contributed by atoms with van der Waals surface area (Å²) in [5.41, 5.74) is 3.38. The highest BCUT2D eigenvalue weighted by Crippen LogP contribution is 2.32. The van der Waals surface area contributed by atoms with Gasteiger partial charge in [-0.2, -0.15) is 0 Å². The lowest BCUT2D eigenvalue weighted by molar-refractivity contribution is -0.117. The van der Waals surface area contributed by atoms with Crippen molar-refractivity contribution in [2.75, 3.05) is 16.8 Å². The summed E-state index contributed by atoms with van der Waals surface area (Å²) in [6.07, 6.45) is 3.44. The molecule has 2 aromatic carbocycles. The van der Waals surface area contributed by atoms with Crippen molar-refractivity contribution >= 4 is 34.5 Å². The summed E-state index contributed by atoms with van der Waals surface area (Å²) in [5, 5.41) is 3.32. The summed E-state index contributed by atoms with van der Waals surface area (Å²) in [6.45, 7) is 4.43. The molecule has 1 aromatic heterocycles. The van der Waals surface area contributed by atoms with Crippen LogP contribution in [0.1, 0.15) is 45.1 Å². The van der Waals surface area contributed by atoms with Crippen molar-refractivity contribution in [3.8, 4) is 0 Å². The molecule has 1 aliphatic rings.